The molecule has 25 heavy (non-hydrogen) atoms. The third kappa shape index (κ3) is 3.81. The number of hydrogen-bond donors (Lipinski definition) is 1. The Bertz CT molecular complexity index is 961. The van der Waals surface area contributed by atoms with E-state index in [0.717, 1.165) is 10.8 Å². The molecule has 0 spiro atoms. The van der Waals surface area contributed by atoms with Crippen LogP contribution in [-0.2, 0) is 9.53 Å². The number of carbonyl (C=O) groups is 2. The molecule has 7 nitrogen and oxygen atoms in total. The third-order valence-corrected chi connectivity index (χ3v) is 4.39. The van der Waals surface area contributed by atoms with Crippen molar-refractivity contribution in [2.45, 2.75) is 0 Å². The predicted octanol–water partition coefficient (Wildman–Crippen LogP) is 3.61. The normalized spacial score (nSPS) is 10.4. The van der Waals surface area contributed by atoms with Gasteiger partial charge in [-0.2, -0.15) is 0 Å². The zero-order chi connectivity index (χ0) is 17.8. The van der Waals surface area contributed by atoms with Crippen molar-refractivity contribution in [1.82, 2.24) is 0 Å². The Kier molecular flexibility index (Phi) is 4.71. The maximum absolute atomic E-state index is 12.0. The molecule has 2 aromatic carbocycles. The van der Waals surface area contributed by atoms with Crippen molar-refractivity contribution >= 4 is 44.7 Å². The summed E-state index contributed by atoms with van der Waals surface area (Å²) in [6.07, 6.45) is 0. The molecule has 8 heteroatoms. The number of nitro groups is 1. The number of esters is 1. The summed E-state index contributed by atoms with van der Waals surface area (Å²) in [6, 6.07) is 15.6. The van der Waals surface area contributed by atoms with E-state index in [2.05, 4.69) is 5.32 Å². The molecule has 0 aliphatic heterocycles. The van der Waals surface area contributed by atoms with E-state index < -0.39 is 23.4 Å². The minimum Gasteiger partial charge on any atom is -0.451 e. The van der Waals surface area contributed by atoms with Gasteiger partial charge in [0, 0.05) is 17.1 Å². The van der Waals surface area contributed by atoms with Crippen LogP contribution in [0.3, 0.4) is 0 Å². The largest absolute Gasteiger partial charge is 0.451 e. The number of nitrogens with one attached hydrogen (secondary N) is 1. The summed E-state index contributed by atoms with van der Waals surface area (Å²) >= 11 is 0.701. The molecule has 3 rings (SSSR count). The first-order chi connectivity index (χ1) is 12.0. The van der Waals surface area contributed by atoms with Crippen LogP contribution in [-0.4, -0.2) is 23.4 Å². The molecule has 1 aromatic heterocycles. The highest BCUT2D eigenvalue weighted by atomic mass is 32.1. The number of nitrogens with zero attached hydrogens (tertiary/aromatic N) is 1. The van der Waals surface area contributed by atoms with E-state index in [1.807, 2.05) is 36.4 Å². The Morgan fingerprint density at radius 1 is 1.08 bits per heavy atom. The van der Waals surface area contributed by atoms with Crippen molar-refractivity contribution in [3.63, 3.8) is 0 Å². The van der Waals surface area contributed by atoms with Gasteiger partial charge >= 0.3 is 11.0 Å². The van der Waals surface area contributed by atoms with E-state index in [9.17, 15) is 19.7 Å². The highest BCUT2D eigenvalue weighted by molar-refractivity contribution is 7.17. The van der Waals surface area contributed by atoms with Crippen LogP contribution >= 0.6 is 11.3 Å². The number of rotatable bonds is 5. The lowest BCUT2D eigenvalue weighted by atomic mass is 10.1. The van der Waals surface area contributed by atoms with Crippen LogP contribution in [0.2, 0.25) is 0 Å². The first kappa shape index (κ1) is 16.6. The summed E-state index contributed by atoms with van der Waals surface area (Å²) in [7, 11) is 0. The van der Waals surface area contributed by atoms with Gasteiger partial charge in [-0.15, -0.1) is 0 Å². The van der Waals surface area contributed by atoms with E-state index in [-0.39, 0.29) is 9.88 Å². The summed E-state index contributed by atoms with van der Waals surface area (Å²) < 4.78 is 4.90. The van der Waals surface area contributed by atoms with Crippen LogP contribution in [0.1, 0.15) is 9.67 Å². The van der Waals surface area contributed by atoms with Gasteiger partial charge in [-0.1, -0.05) is 47.7 Å². The highest BCUT2D eigenvalue weighted by Gasteiger charge is 2.17. The fraction of sp³-hybridized carbons (Fsp3) is 0.0588. The summed E-state index contributed by atoms with van der Waals surface area (Å²) in [5.74, 6) is -1.26. The number of fused-ring (bicyclic) bond motifs is 1. The third-order valence-electron chi connectivity index (χ3n) is 3.37. The Hall–Kier alpha value is -3.26. The minimum absolute atomic E-state index is 0.0738. The second kappa shape index (κ2) is 7.10. The van der Waals surface area contributed by atoms with Crippen molar-refractivity contribution in [2.75, 3.05) is 11.9 Å². The van der Waals surface area contributed by atoms with Gasteiger partial charge in [0.25, 0.3) is 5.91 Å². The minimum atomic E-state index is -0.772. The van der Waals surface area contributed by atoms with Gasteiger partial charge in [0.2, 0.25) is 0 Å². The van der Waals surface area contributed by atoms with Crippen LogP contribution in [0, 0.1) is 10.1 Å². The fourth-order valence-corrected chi connectivity index (χ4v) is 2.97. The second-order valence-electron chi connectivity index (χ2n) is 5.05. The molecule has 0 fully saturated rings. The predicted molar refractivity (Wildman–Crippen MR) is 93.8 cm³/mol. The zero-order valence-corrected chi connectivity index (χ0v) is 13.6. The van der Waals surface area contributed by atoms with Gasteiger partial charge in [-0.25, -0.2) is 4.79 Å². The van der Waals surface area contributed by atoms with E-state index >= 15 is 0 Å². The molecular weight excluding hydrogens is 344 g/mol. The van der Waals surface area contributed by atoms with Gasteiger partial charge in [-0.3, -0.25) is 14.9 Å². The van der Waals surface area contributed by atoms with Crippen molar-refractivity contribution < 1.29 is 19.2 Å². The summed E-state index contributed by atoms with van der Waals surface area (Å²) in [5, 5.41) is 15.0. The first-order valence-electron chi connectivity index (χ1n) is 7.23. The van der Waals surface area contributed by atoms with Crippen LogP contribution < -0.4 is 5.32 Å². The molecule has 3 aromatic rings. The smallest absolute Gasteiger partial charge is 0.349 e. The fourth-order valence-electron chi connectivity index (χ4n) is 2.26. The molecular formula is C17H12N2O5S. The van der Waals surface area contributed by atoms with Crippen LogP contribution in [0.15, 0.2) is 54.6 Å². The maximum atomic E-state index is 12.0. The molecule has 0 aliphatic rings. The number of thiophene rings is 1. The number of benzene rings is 2. The summed E-state index contributed by atoms with van der Waals surface area (Å²) in [5.41, 5.74) is 0.617. The van der Waals surface area contributed by atoms with E-state index in [1.165, 1.54) is 12.1 Å². The number of hydrogen-bond acceptors (Lipinski definition) is 6. The number of ether oxygens (including phenoxy) is 1. The summed E-state index contributed by atoms with van der Waals surface area (Å²) in [4.78, 5) is 33.9. The van der Waals surface area contributed by atoms with E-state index in [1.54, 1.807) is 6.07 Å². The van der Waals surface area contributed by atoms with Gasteiger partial charge in [0.15, 0.2) is 6.61 Å². The van der Waals surface area contributed by atoms with Gasteiger partial charge in [0.05, 0.1) is 4.92 Å². The van der Waals surface area contributed by atoms with Crippen molar-refractivity contribution in [1.29, 1.82) is 0 Å². The molecule has 1 N–H and O–H groups in total. The topological polar surface area (TPSA) is 98.5 Å². The zero-order valence-electron chi connectivity index (χ0n) is 12.8. The van der Waals surface area contributed by atoms with Crippen LogP contribution in [0.25, 0.3) is 10.8 Å². The molecule has 126 valence electrons. The Morgan fingerprint density at radius 3 is 2.60 bits per heavy atom. The standard InChI is InChI=1S/C17H12N2O5S/c20-15(10-24-17(21)14-8-9-16(25-14)19(22)23)18-13-7-3-5-11-4-1-2-6-12(11)13/h1-9H,10H2,(H,18,20). The van der Waals surface area contributed by atoms with Crippen molar-refractivity contribution in [3.05, 3.63) is 69.6 Å². The average Bonchev–Trinajstić information content (AvgIpc) is 3.10. The lowest BCUT2D eigenvalue weighted by molar-refractivity contribution is -0.380. The number of anilines is 1. The van der Waals surface area contributed by atoms with Gasteiger partial charge in [-0.05, 0) is 17.5 Å². The number of amides is 1. The molecule has 0 bridgehead atoms. The van der Waals surface area contributed by atoms with E-state index in [0.29, 0.717) is 17.0 Å². The molecule has 0 saturated heterocycles. The average molecular weight is 356 g/mol. The lowest BCUT2D eigenvalue weighted by Crippen LogP contribution is -2.20. The van der Waals surface area contributed by atoms with Crippen LogP contribution in [0.4, 0.5) is 10.7 Å². The maximum Gasteiger partial charge on any atom is 0.349 e. The molecule has 0 atom stereocenters. The highest BCUT2D eigenvalue weighted by Crippen LogP contribution is 2.25. The molecule has 0 radical (unpaired) electrons. The Morgan fingerprint density at radius 2 is 1.84 bits per heavy atom. The molecule has 1 amide bonds. The molecule has 0 unspecified atom stereocenters. The van der Waals surface area contributed by atoms with Gasteiger partial charge in [0.1, 0.15) is 4.88 Å². The number of carbonyl (C=O) groups excluding carboxylic acids is 2. The SMILES string of the molecule is O=C(COC(=O)c1ccc([N+](=O)[O-])s1)Nc1cccc2ccccc12. The van der Waals surface area contributed by atoms with Crippen LogP contribution in [0.5, 0.6) is 0 Å². The lowest BCUT2D eigenvalue weighted by Gasteiger charge is -2.09. The van der Waals surface area contributed by atoms with Crippen molar-refractivity contribution in [3.8, 4) is 0 Å². The Balaban J connectivity index is 1.62. The van der Waals surface area contributed by atoms with E-state index in [4.69, 9.17) is 4.74 Å². The van der Waals surface area contributed by atoms with Gasteiger partial charge < -0.3 is 10.1 Å². The first-order valence-corrected chi connectivity index (χ1v) is 8.05. The van der Waals surface area contributed by atoms with Crippen molar-refractivity contribution in [2.24, 2.45) is 0 Å². The second-order valence-corrected chi connectivity index (χ2v) is 6.11. The monoisotopic (exact) mass is 356 g/mol. The molecule has 1 heterocycles. The molecule has 0 saturated carbocycles. The Labute approximate surface area is 146 Å². The molecule has 0 aliphatic carbocycles. The summed E-state index contributed by atoms with van der Waals surface area (Å²) in [6.45, 7) is -0.478. The quantitative estimate of drug-likeness (QED) is 0.428.